The summed E-state index contributed by atoms with van der Waals surface area (Å²) >= 11 is 3.45. The average molecular weight is 301 g/mol. The molecule has 0 spiro atoms. The highest BCUT2D eigenvalue weighted by atomic mass is 79.9. The van der Waals surface area contributed by atoms with Crippen molar-refractivity contribution in [2.24, 2.45) is 5.73 Å². The zero-order chi connectivity index (χ0) is 12.8. The lowest BCUT2D eigenvalue weighted by molar-refractivity contribution is 0.278. The van der Waals surface area contributed by atoms with E-state index in [0.717, 1.165) is 28.8 Å². The maximum absolute atomic E-state index is 5.91. The van der Waals surface area contributed by atoms with E-state index in [1.807, 2.05) is 25.1 Å². The molecule has 0 aliphatic rings. The monoisotopic (exact) mass is 300 g/mol. The van der Waals surface area contributed by atoms with Crippen molar-refractivity contribution in [3.63, 3.8) is 0 Å². The number of nitrogens with zero attached hydrogens (tertiary/aromatic N) is 1. The highest BCUT2D eigenvalue weighted by Crippen LogP contribution is 2.27. The summed E-state index contributed by atoms with van der Waals surface area (Å²) in [7, 11) is 4.12. The van der Waals surface area contributed by atoms with Crippen LogP contribution in [0.2, 0.25) is 0 Å². The second-order valence-electron chi connectivity index (χ2n) is 4.48. The minimum atomic E-state index is -0.00745. The highest BCUT2D eigenvalue weighted by Gasteiger charge is 2.08. The lowest BCUT2D eigenvalue weighted by Gasteiger charge is -2.15. The van der Waals surface area contributed by atoms with Gasteiger partial charge in [0, 0.05) is 22.6 Å². The lowest BCUT2D eigenvalue weighted by Crippen LogP contribution is -2.16. The fourth-order valence-electron chi connectivity index (χ4n) is 1.57. The van der Waals surface area contributed by atoms with Gasteiger partial charge in [0.1, 0.15) is 5.75 Å². The molecule has 2 N–H and O–H groups in total. The van der Waals surface area contributed by atoms with Crippen LogP contribution in [0.25, 0.3) is 0 Å². The SMILES string of the molecule is C[C@H](N)c1ccc(Br)cc1OCCCN(C)C. The Morgan fingerprint density at radius 2 is 2.12 bits per heavy atom. The van der Waals surface area contributed by atoms with Crippen LogP contribution < -0.4 is 10.5 Å². The predicted molar refractivity (Wildman–Crippen MR) is 75.4 cm³/mol. The largest absolute Gasteiger partial charge is 0.493 e. The third-order valence-electron chi connectivity index (χ3n) is 2.47. The van der Waals surface area contributed by atoms with Crippen molar-refractivity contribution >= 4 is 15.9 Å². The third kappa shape index (κ3) is 5.06. The molecule has 0 aromatic heterocycles. The highest BCUT2D eigenvalue weighted by molar-refractivity contribution is 9.10. The summed E-state index contributed by atoms with van der Waals surface area (Å²) in [5.41, 5.74) is 6.97. The van der Waals surface area contributed by atoms with E-state index in [9.17, 15) is 0 Å². The Hall–Kier alpha value is -0.580. The maximum atomic E-state index is 5.91. The summed E-state index contributed by atoms with van der Waals surface area (Å²) in [6, 6.07) is 5.97. The predicted octanol–water partition coefficient (Wildman–Crippen LogP) is 2.80. The Morgan fingerprint density at radius 1 is 1.41 bits per heavy atom. The summed E-state index contributed by atoms with van der Waals surface area (Å²) in [6.07, 6.45) is 1.01. The van der Waals surface area contributed by atoms with Crippen molar-refractivity contribution < 1.29 is 4.74 Å². The van der Waals surface area contributed by atoms with Crippen LogP contribution in [0, 0.1) is 0 Å². The van der Waals surface area contributed by atoms with Crippen LogP contribution >= 0.6 is 15.9 Å². The van der Waals surface area contributed by atoms with Gasteiger partial charge < -0.3 is 15.4 Å². The molecule has 4 heteroatoms. The molecular formula is C13H21BrN2O. The first kappa shape index (κ1) is 14.5. The number of hydrogen-bond acceptors (Lipinski definition) is 3. The molecular weight excluding hydrogens is 280 g/mol. The van der Waals surface area contributed by atoms with Gasteiger partial charge in [0.05, 0.1) is 6.61 Å². The first-order valence-electron chi connectivity index (χ1n) is 5.83. The molecule has 0 saturated carbocycles. The van der Waals surface area contributed by atoms with E-state index in [2.05, 4.69) is 34.9 Å². The number of benzene rings is 1. The molecule has 1 aromatic rings. The van der Waals surface area contributed by atoms with Gasteiger partial charge in [-0.1, -0.05) is 22.0 Å². The van der Waals surface area contributed by atoms with Crippen molar-refractivity contribution in [2.75, 3.05) is 27.2 Å². The topological polar surface area (TPSA) is 38.5 Å². The van der Waals surface area contributed by atoms with Crippen LogP contribution in [0.5, 0.6) is 5.75 Å². The Kier molecular flexibility index (Phi) is 5.95. The van der Waals surface area contributed by atoms with E-state index < -0.39 is 0 Å². The third-order valence-corrected chi connectivity index (χ3v) is 2.97. The van der Waals surface area contributed by atoms with E-state index in [1.54, 1.807) is 0 Å². The van der Waals surface area contributed by atoms with Gasteiger partial charge in [0.2, 0.25) is 0 Å². The van der Waals surface area contributed by atoms with Gasteiger partial charge in [-0.2, -0.15) is 0 Å². The van der Waals surface area contributed by atoms with Gasteiger partial charge in [-0.15, -0.1) is 0 Å². The Labute approximate surface area is 112 Å². The van der Waals surface area contributed by atoms with E-state index >= 15 is 0 Å². The summed E-state index contributed by atoms with van der Waals surface area (Å²) in [5, 5.41) is 0. The number of nitrogens with two attached hydrogens (primary N) is 1. The van der Waals surface area contributed by atoms with E-state index in [0.29, 0.717) is 6.61 Å². The molecule has 17 heavy (non-hydrogen) atoms. The molecule has 0 unspecified atom stereocenters. The van der Waals surface area contributed by atoms with E-state index in [-0.39, 0.29) is 6.04 Å². The molecule has 0 aliphatic carbocycles. The second kappa shape index (κ2) is 6.99. The summed E-state index contributed by atoms with van der Waals surface area (Å²) in [4.78, 5) is 2.15. The molecule has 1 aromatic carbocycles. The van der Waals surface area contributed by atoms with Crippen LogP contribution in [-0.4, -0.2) is 32.1 Å². The van der Waals surface area contributed by atoms with Crippen molar-refractivity contribution in [3.05, 3.63) is 28.2 Å². The second-order valence-corrected chi connectivity index (χ2v) is 5.39. The first-order valence-corrected chi connectivity index (χ1v) is 6.62. The normalized spacial score (nSPS) is 12.8. The van der Waals surface area contributed by atoms with Gasteiger partial charge in [-0.3, -0.25) is 0 Å². The van der Waals surface area contributed by atoms with Gasteiger partial charge in [-0.25, -0.2) is 0 Å². The molecule has 0 heterocycles. The molecule has 0 fully saturated rings. The zero-order valence-corrected chi connectivity index (χ0v) is 12.3. The summed E-state index contributed by atoms with van der Waals surface area (Å²) < 4.78 is 6.81. The van der Waals surface area contributed by atoms with Crippen LogP contribution in [-0.2, 0) is 0 Å². The summed E-state index contributed by atoms with van der Waals surface area (Å²) in [5.74, 6) is 0.883. The van der Waals surface area contributed by atoms with Gasteiger partial charge >= 0.3 is 0 Å². The average Bonchev–Trinajstić information content (AvgIpc) is 2.23. The zero-order valence-electron chi connectivity index (χ0n) is 10.7. The molecule has 1 rings (SSSR count). The summed E-state index contributed by atoms with van der Waals surface area (Å²) in [6.45, 7) is 3.71. The number of ether oxygens (including phenoxy) is 1. The van der Waals surface area contributed by atoms with Crippen molar-refractivity contribution in [2.45, 2.75) is 19.4 Å². The number of halogens is 1. The molecule has 96 valence electrons. The smallest absolute Gasteiger partial charge is 0.125 e. The van der Waals surface area contributed by atoms with Crippen molar-refractivity contribution in [3.8, 4) is 5.75 Å². The van der Waals surface area contributed by atoms with Crippen molar-refractivity contribution in [1.29, 1.82) is 0 Å². The van der Waals surface area contributed by atoms with E-state index in [1.165, 1.54) is 0 Å². The molecule has 0 bridgehead atoms. The van der Waals surface area contributed by atoms with Crippen molar-refractivity contribution in [1.82, 2.24) is 4.90 Å². The maximum Gasteiger partial charge on any atom is 0.125 e. The van der Waals surface area contributed by atoms with Crippen LogP contribution in [0.15, 0.2) is 22.7 Å². The van der Waals surface area contributed by atoms with Crippen LogP contribution in [0.1, 0.15) is 24.9 Å². The Bertz CT molecular complexity index is 353. The quantitative estimate of drug-likeness (QED) is 0.821. The Morgan fingerprint density at radius 3 is 2.71 bits per heavy atom. The molecule has 0 aliphatic heterocycles. The molecule has 3 nitrogen and oxygen atoms in total. The molecule has 1 atom stereocenters. The van der Waals surface area contributed by atoms with Crippen LogP contribution in [0.3, 0.4) is 0 Å². The van der Waals surface area contributed by atoms with Crippen LogP contribution in [0.4, 0.5) is 0 Å². The molecule has 0 radical (unpaired) electrons. The molecule has 0 amide bonds. The minimum Gasteiger partial charge on any atom is -0.493 e. The fraction of sp³-hybridized carbons (Fsp3) is 0.538. The van der Waals surface area contributed by atoms with Gasteiger partial charge in [0.25, 0.3) is 0 Å². The number of hydrogen-bond donors (Lipinski definition) is 1. The van der Waals surface area contributed by atoms with Gasteiger partial charge in [-0.05, 0) is 39.6 Å². The van der Waals surface area contributed by atoms with E-state index in [4.69, 9.17) is 10.5 Å². The standard InChI is InChI=1S/C13H21BrN2O/c1-10(15)12-6-5-11(14)9-13(12)17-8-4-7-16(2)3/h5-6,9-10H,4,7-8,15H2,1-3H3/t10-/m0/s1. The lowest BCUT2D eigenvalue weighted by atomic mass is 10.1. The Balaban J connectivity index is 2.59. The minimum absolute atomic E-state index is 0.00745. The first-order chi connectivity index (χ1) is 8.00. The van der Waals surface area contributed by atoms with Gasteiger partial charge in [0.15, 0.2) is 0 Å². The fourth-order valence-corrected chi connectivity index (χ4v) is 1.91. The molecule has 0 saturated heterocycles. The number of rotatable bonds is 6.